The van der Waals surface area contributed by atoms with Crippen molar-refractivity contribution in [2.45, 2.75) is 36.6 Å². The predicted molar refractivity (Wildman–Crippen MR) is 91.8 cm³/mol. The average Bonchev–Trinajstić information content (AvgIpc) is 2.53. The molecule has 6 nitrogen and oxygen atoms in total. The average molecular weight is 398 g/mol. The van der Waals surface area contributed by atoms with Gasteiger partial charge in [0.15, 0.2) is 0 Å². The molecule has 1 saturated heterocycles. The van der Waals surface area contributed by atoms with Gasteiger partial charge in [-0.1, -0.05) is 6.42 Å². The topological polar surface area (TPSA) is 92.5 Å². The van der Waals surface area contributed by atoms with Crippen LogP contribution in [0.15, 0.2) is 23.1 Å². The Hall–Kier alpha value is -1.29. The van der Waals surface area contributed by atoms with Crippen LogP contribution in [0.3, 0.4) is 0 Å². The van der Waals surface area contributed by atoms with Crippen LogP contribution >= 0.6 is 12.4 Å². The predicted octanol–water partition coefficient (Wildman–Crippen LogP) is 1.39. The third-order valence-corrected chi connectivity index (χ3v) is 5.95. The van der Waals surface area contributed by atoms with E-state index >= 15 is 0 Å². The lowest BCUT2D eigenvalue weighted by molar-refractivity contribution is -0.121. The van der Waals surface area contributed by atoms with Gasteiger partial charge in [-0.3, -0.25) is 4.79 Å². The van der Waals surface area contributed by atoms with E-state index in [1.807, 2.05) is 0 Å². The van der Waals surface area contributed by atoms with Crippen LogP contribution in [0.5, 0.6) is 0 Å². The Morgan fingerprint density at radius 2 is 2.04 bits per heavy atom. The Balaban J connectivity index is 0.00000312. The van der Waals surface area contributed by atoms with Gasteiger partial charge in [0, 0.05) is 38.2 Å². The smallest absolute Gasteiger partial charge is 0.246 e. The third kappa shape index (κ3) is 5.34. The molecule has 1 atom stereocenters. The number of piperidine rings is 1. The molecule has 1 aromatic carbocycles. The summed E-state index contributed by atoms with van der Waals surface area (Å²) in [5, 5.41) is 2.65. The zero-order valence-corrected chi connectivity index (χ0v) is 15.2. The molecular formula is C15H22ClF2N3O3S. The van der Waals surface area contributed by atoms with Gasteiger partial charge in [-0.15, -0.1) is 12.4 Å². The zero-order chi connectivity index (χ0) is 17.7. The summed E-state index contributed by atoms with van der Waals surface area (Å²) in [5.74, 6) is -2.21. The van der Waals surface area contributed by atoms with E-state index in [1.54, 1.807) is 0 Å². The Kier molecular flexibility index (Phi) is 8.20. The van der Waals surface area contributed by atoms with Gasteiger partial charge >= 0.3 is 0 Å². The molecule has 25 heavy (non-hydrogen) atoms. The van der Waals surface area contributed by atoms with Crippen molar-refractivity contribution in [2.24, 2.45) is 5.73 Å². The monoisotopic (exact) mass is 397 g/mol. The molecule has 2 rings (SSSR count). The number of nitrogens with zero attached hydrogens (tertiary/aromatic N) is 1. The molecule has 1 aliphatic rings. The highest BCUT2D eigenvalue weighted by molar-refractivity contribution is 7.89. The van der Waals surface area contributed by atoms with Crippen molar-refractivity contribution in [3.63, 3.8) is 0 Å². The minimum atomic E-state index is -4.10. The van der Waals surface area contributed by atoms with Crippen LogP contribution in [0.2, 0.25) is 0 Å². The summed E-state index contributed by atoms with van der Waals surface area (Å²) in [6, 6.07) is 1.93. The fourth-order valence-electron chi connectivity index (χ4n) is 2.76. The number of carbonyl (C=O) groups is 1. The van der Waals surface area contributed by atoms with E-state index < -0.39 is 32.6 Å². The second-order valence-corrected chi connectivity index (χ2v) is 7.54. The fraction of sp³-hybridized carbons (Fsp3) is 0.533. The van der Waals surface area contributed by atoms with Crippen molar-refractivity contribution in [3.8, 4) is 0 Å². The maximum Gasteiger partial charge on any atom is 0.246 e. The van der Waals surface area contributed by atoms with Crippen LogP contribution in [0, 0.1) is 11.6 Å². The largest absolute Gasteiger partial charge is 0.354 e. The maximum atomic E-state index is 13.9. The minimum absolute atomic E-state index is 0. The molecular weight excluding hydrogens is 376 g/mol. The number of hydrogen-bond donors (Lipinski definition) is 2. The molecule has 0 spiro atoms. The van der Waals surface area contributed by atoms with Crippen LogP contribution in [-0.2, 0) is 14.8 Å². The van der Waals surface area contributed by atoms with Gasteiger partial charge in [0.2, 0.25) is 15.9 Å². The first kappa shape index (κ1) is 21.8. The van der Waals surface area contributed by atoms with E-state index in [4.69, 9.17) is 5.73 Å². The van der Waals surface area contributed by atoms with E-state index in [0.29, 0.717) is 18.9 Å². The highest BCUT2D eigenvalue weighted by Gasteiger charge is 2.35. The Labute approximate surface area is 152 Å². The van der Waals surface area contributed by atoms with Crippen LogP contribution in [-0.4, -0.2) is 44.3 Å². The second-order valence-electron chi connectivity index (χ2n) is 5.68. The van der Waals surface area contributed by atoms with Crippen molar-refractivity contribution in [1.29, 1.82) is 0 Å². The highest BCUT2D eigenvalue weighted by Crippen LogP contribution is 2.27. The summed E-state index contributed by atoms with van der Waals surface area (Å²) in [4.78, 5) is 11.0. The van der Waals surface area contributed by atoms with E-state index in [2.05, 4.69) is 5.32 Å². The van der Waals surface area contributed by atoms with E-state index in [9.17, 15) is 22.0 Å². The molecule has 1 aromatic rings. The molecule has 1 heterocycles. The SMILES string of the molecule is Cl.NCCC(=O)NCC1CCCCN1S(=O)(=O)c1ccc(F)cc1F. The van der Waals surface area contributed by atoms with Gasteiger partial charge in [-0.2, -0.15) is 4.31 Å². The first-order valence-electron chi connectivity index (χ1n) is 7.80. The second kappa shape index (κ2) is 9.42. The molecule has 1 fully saturated rings. The van der Waals surface area contributed by atoms with Crippen molar-refractivity contribution in [1.82, 2.24) is 9.62 Å². The molecule has 0 aromatic heterocycles. The molecule has 3 N–H and O–H groups in total. The zero-order valence-electron chi connectivity index (χ0n) is 13.6. The number of sulfonamides is 1. The lowest BCUT2D eigenvalue weighted by Gasteiger charge is -2.34. The molecule has 1 amide bonds. The van der Waals surface area contributed by atoms with Gasteiger partial charge in [-0.05, 0) is 25.0 Å². The van der Waals surface area contributed by atoms with Crippen LogP contribution in [0.1, 0.15) is 25.7 Å². The van der Waals surface area contributed by atoms with Gasteiger partial charge in [0.05, 0.1) is 0 Å². The number of nitrogens with two attached hydrogens (primary N) is 1. The van der Waals surface area contributed by atoms with Gasteiger partial charge in [0.1, 0.15) is 16.5 Å². The van der Waals surface area contributed by atoms with Crippen molar-refractivity contribution >= 4 is 28.3 Å². The minimum Gasteiger partial charge on any atom is -0.354 e. The lowest BCUT2D eigenvalue weighted by Crippen LogP contribution is -2.49. The summed E-state index contributed by atoms with van der Waals surface area (Å²) in [5.41, 5.74) is 5.30. The van der Waals surface area contributed by atoms with E-state index in [0.717, 1.165) is 18.6 Å². The molecule has 142 valence electrons. The van der Waals surface area contributed by atoms with Gasteiger partial charge in [-0.25, -0.2) is 17.2 Å². The van der Waals surface area contributed by atoms with Crippen LogP contribution in [0.4, 0.5) is 8.78 Å². The van der Waals surface area contributed by atoms with Gasteiger partial charge < -0.3 is 11.1 Å². The summed E-state index contributed by atoms with van der Waals surface area (Å²) in [6.07, 6.45) is 2.18. The number of hydrogen-bond acceptors (Lipinski definition) is 4. The molecule has 10 heteroatoms. The Morgan fingerprint density at radius 3 is 2.68 bits per heavy atom. The number of benzene rings is 1. The lowest BCUT2D eigenvalue weighted by atomic mass is 10.1. The van der Waals surface area contributed by atoms with E-state index in [-0.39, 0.29) is 44.4 Å². The highest BCUT2D eigenvalue weighted by atomic mass is 35.5. The Morgan fingerprint density at radius 1 is 1.32 bits per heavy atom. The van der Waals surface area contributed by atoms with Crippen molar-refractivity contribution in [2.75, 3.05) is 19.6 Å². The number of nitrogens with one attached hydrogen (secondary N) is 1. The van der Waals surface area contributed by atoms with Crippen molar-refractivity contribution < 1.29 is 22.0 Å². The summed E-state index contributed by atoms with van der Waals surface area (Å²) in [7, 11) is -4.10. The molecule has 1 unspecified atom stereocenters. The number of carbonyl (C=O) groups excluding carboxylic acids is 1. The molecule has 0 saturated carbocycles. The van der Waals surface area contributed by atoms with E-state index in [1.165, 1.54) is 4.31 Å². The normalized spacial score (nSPS) is 18.4. The summed E-state index contributed by atoms with van der Waals surface area (Å²) in [6.45, 7) is 0.580. The van der Waals surface area contributed by atoms with Gasteiger partial charge in [0.25, 0.3) is 0 Å². The van der Waals surface area contributed by atoms with Crippen molar-refractivity contribution in [3.05, 3.63) is 29.8 Å². The molecule has 1 aliphatic heterocycles. The number of amides is 1. The standard InChI is InChI=1S/C15H21F2N3O3S.ClH/c16-11-4-5-14(13(17)9-11)24(22,23)20-8-2-1-3-12(20)10-19-15(21)6-7-18;/h4-5,9,12H,1-3,6-8,10,18H2,(H,19,21);1H. The van der Waals surface area contributed by atoms with Crippen LogP contribution < -0.4 is 11.1 Å². The molecule has 0 bridgehead atoms. The maximum absolute atomic E-state index is 13.9. The summed E-state index contributed by atoms with van der Waals surface area (Å²) < 4.78 is 53.6. The molecule has 0 radical (unpaired) electrons. The molecule has 0 aliphatic carbocycles. The summed E-state index contributed by atoms with van der Waals surface area (Å²) >= 11 is 0. The Bertz CT molecular complexity index is 703. The fourth-order valence-corrected chi connectivity index (χ4v) is 4.50. The first-order chi connectivity index (χ1) is 11.4. The quantitative estimate of drug-likeness (QED) is 0.758. The first-order valence-corrected chi connectivity index (χ1v) is 9.24. The number of halogens is 3. The third-order valence-electron chi connectivity index (χ3n) is 3.96. The number of rotatable bonds is 6. The van der Waals surface area contributed by atoms with Crippen LogP contribution in [0.25, 0.3) is 0 Å².